The molecule has 0 aliphatic rings. The molecule has 0 saturated heterocycles. The van der Waals surface area contributed by atoms with Crippen molar-refractivity contribution in [2.45, 2.75) is 33.2 Å². The summed E-state index contributed by atoms with van der Waals surface area (Å²) < 4.78 is 1.90. The van der Waals surface area contributed by atoms with E-state index in [0.29, 0.717) is 24.2 Å². The van der Waals surface area contributed by atoms with Crippen LogP contribution in [0.3, 0.4) is 0 Å². The number of nitrogens with zero attached hydrogens (tertiary/aromatic N) is 6. The summed E-state index contributed by atoms with van der Waals surface area (Å²) in [5, 5.41) is 18.6. The van der Waals surface area contributed by atoms with Crippen LogP contribution in [0.25, 0.3) is 22.5 Å². The van der Waals surface area contributed by atoms with Crippen molar-refractivity contribution in [1.82, 2.24) is 35.4 Å². The second-order valence-electron chi connectivity index (χ2n) is 7.47. The average Bonchev–Trinajstić information content (AvgIpc) is 3.37. The number of tetrazole rings is 1. The van der Waals surface area contributed by atoms with Crippen LogP contribution in [0.15, 0.2) is 48.5 Å². The monoisotopic (exact) mass is 388 g/mol. The molecule has 0 atom stereocenters. The first-order valence-electron chi connectivity index (χ1n) is 9.72. The van der Waals surface area contributed by atoms with Gasteiger partial charge < -0.3 is 5.73 Å². The van der Waals surface area contributed by atoms with Crippen molar-refractivity contribution in [3.8, 4) is 22.5 Å². The molecular formula is C21H24N8. The summed E-state index contributed by atoms with van der Waals surface area (Å²) in [6, 6.07) is 16.5. The van der Waals surface area contributed by atoms with Crippen molar-refractivity contribution < 1.29 is 0 Å². The molecule has 2 heterocycles. The maximum absolute atomic E-state index is 5.84. The molecule has 0 bridgehead atoms. The zero-order valence-corrected chi connectivity index (χ0v) is 16.6. The Morgan fingerprint density at radius 3 is 2.48 bits per heavy atom. The topological polar surface area (TPSA) is 111 Å². The van der Waals surface area contributed by atoms with E-state index in [1.807, 2.05) is 22.9 Å². The van der Waals surface area contributed by atoms with Crippen LogP contribution in [-0.4, -0.2) is 35.4 Å². The van der Waals surface area contributed by atoms with Crippen molar-refractivity contribution in [3.05, 3.63) is 59.9 Å². The van der Waals surface area contributed by atoms with Gasteiger partial charge in [0, 0.05) is 12.0 Å². The third kappa shape index (κ3) is 4.31. The maximum atomic E-state index is 5.84. The predicted octanol–water partition coefficient (Wildman–Crippen LogP) is 3.34. The Labute approximate surface area is 169 Å². The highest BCUT2D eigenvalue weighted by molar-refractivity contribution is 5.80. The van der Waals surface area contributed by atoms with E-state index in [1.165, 1.54) is 0 Å². The zero-order valence-electron chi connectivity index (χ0n) is 16.6. The lowest BCUT2D eigenvalue weighted by molar-refractivity contribution is 0.547. The molecule has 0 amide bonds. The molecule has 148 valence electrons. The van der Waals surface area contributed by atoms with E-state index in [2.05, 4.69) is 74.9 Å². The number of aromatic amines is 1. The summed E-state index contributed by atoms with van der Waals surface area (Å²) in [6.07, 6.45) is 1.93. The van der Waals surface area contributed by atoms with E-state index in [1.54, 1.807) is 0 Å². The number of nitrogens with two attached hydrogens (primary N) is 1. The van der Waals surface area contributed by atoms with Crippen molar-refractivity contribution in [3.63, 3.8) is 0 Å². The van der Waals surface area contributed by atoms with Gasteiger partial charge in [0.25, 0.3) is 0 Å². The molecule has 0 spiro atoms. The molecule has 8 nitrogen and oxygen atoms in total. The zero-order chi connectivity index (χ0) is 20.2. The van der Waals surface area contributed by atoms with E-state index in [-0.39, 0.29) is 0 Å². The molecule has 2 aromatic carbocycles. The van der Waals surface area contributed by atoms with Crippen molar-refractivity contribution in [2.24, 2.45) is 5.92 Å². The number of hydrogen-bond acceptors (Lipinski definition) is 6. The summed E-state index contributed by atoms with van der Waals surface area (Å²) in [6.45, 7) is 5.05. The maximum Gasteiger partial charge on any atom is 0.239 e. The Balaban J connectivity index is 1.56. The van der Waals surface area contributed by atoms with Crippen LogP contribution < -0.4 is 5.73 Å². The van der Waals surface area contributed by atoms with Crippen LogP contribution in [0.1, 0.15) is 31.7 Å². The van der Waals surface area contributed by atoms with Crippen molar-refractivity contribution in [1.29, 1.82) is 0 Å². The number of aryl methyl sites for hydroxylation is 1. The van der Waals surface area contributed by atoms with Gasteiger partial charge in [-0.15, -0.1) is 10.2 Å². The number of hydrogen-bond donors (Lipinski definition) is 2. The SMILES string of the molecule is CC(C)CCc1nc(N)nn1Cc1ccc(-c2ccccc2-c2nnn[nH]2)cc1. The summed E-state index contributed by atoms with van der Waals surface area (Å²) >= 11 is 0. The van der Waals surface area contributed by atoms with Crippen LogP contribution in [-0.2, 0) is 13.0 Å². The molecule has 29 heavy (non-hydrogen) atoms. The van der Waals surface area contributed by atoms with Crippen molar-refractivity contribution in [2.75, 3.05) is 5.73 Å². The highest BCUT2D eigenvalue weighted by Gasteiger charge is 2.12. The molecule has 4 aromatic rings. The molecule has 0 saturated carbocycles. The van der Waals surface area contributed by atoms with Gasteiger partial charge in [0.15, 0.2) is 5.82 Å². The molecular weight excluding hydrogens is 364 g/mol. The van der Waals surface area contributed by atoms with Crippen LogP contribution >= 0.6 is 0 Å². The minimum Gasteiger partial charge on any atom is -0.366 e. The van der Waals surface area contributed by atoms with E-state index in [0.717, 1.165) is 40.9 Å². The third-order valence-corrected chi connectivity index (χ3v) is 4.83. The van der Waals surface area contributed by atoms with Gasteiger partial charge in [-0.25, -0.2) is 9.78 Å². The van der Waals surface area contributed by atoms with Gasteiger partial charge in [0.2, 0.25) is 5.95 Å². The molecule has 0 aliphatic heterocycles. The standard InChI is InChI=1S/C21H24N8/c1-14(2)7-12-19-23-21(22)26-29(19)13-15-8-10-16(11-9-15)17-5-3-4-6-18(17)20-24-27-28-25-20/h3-6,8-11,14H,7,12-13H2,1-2H3,(H2,22,26)(H,24,25,27,28). The summed E-state index contributed by atoms with van der Waals surface area (Å²) in [4.78, 5) is 4.39. The fourth-order valence-electron chi connectivity index (χ4n) is 3.30. The smallest absolute Gasteiger partial charge is 0.239 e. The number of H-pyrrole nitrogens is 1. The molecule has 0 unspecified atom stereocenters. The first kappa shape index (κ1) is 18.8. The lowest BCUT2D eigenvalue weighted by Crippen LogP contribution is -2.08. The van der Waals surface area contributed by atoms with Gasteiger partial charge in [0.05, 0.1) is 6.54 Å². The Hall–Kier alpha value is -3.55. The first-order chi connectivity index (χ1) is 14.1. The van der Waals surface area contributed by atoms with Gasteiger partial charge in [-0.05, 0) is 39.5 Å². The third-order valence-electron chi connectivity index (χ3n) is 4.83. The molecule has 2 aromatic heterocycles. The minimum absolute atomic E-state index is 0.329. The van der Waals surface area contributed by atoms with Crippen LogP contribution in [0.5, 0.6) is 0 Å². The fraction of sp³-hybridized carbons (Fsp3) is 0.286. The van der Waals surface area contributed by atoms with E-state index < -0.39 is 0 Å². The average molecular weight is 388 g/mol. The highest BCUT2D eigenvalue weighted by atomic mass is 15.5. The largest absolute Gasteiger partial charge is 0.366 e. The number of rotatable bonds is 7. The van der Waals surface area contributed by atoms with Gasteiger partial charge >= 0.3 is 0 Å². The normalized spacial score (nSPS) is 11.3. The Bertz CT molecular complexity index is 1060. The van der Waals surface area contributed by atoms with Gasteiger partial charge in [-0.1, -0.05) is 62.4 Å². The number of nitrogen functional groups attached to an aromatic ring is 1. The Morgan fingerprint density at radius 1 is 1.03 bits per heavy atom. The van der Waals surface area contributed by atoms with E-state index in [9.17, 15) is 0 Å². The number of nitrogens with one attached hydrogen (secondary N) is 1. The summed E-state index contributed by atoms with van der Waals surface area (Å²) in [7, 11) is 0. The molecule has 0 fully saturated rings. The Morgan fingerprint density at radius 2 is 1.79 bits per heavy atom. The highest BCUT2D eigenvalue weighted by Crippen LogP contribution is 2.29. The van der Waals surface area contributed by atoms with Gasteiger partial charge in [-0.3, -0.25) is 0 Å². The Kier molecular flexibility index (Phi) is 5.33. The van der Waals surface area contributed by atoms with E-state index >= 15 is 0 Å². The quantitative estimate of drug-likeness (QED) is 0.502. The molecule has 0 radical (unpaired) electrons. The molecule has 3 N–H and O–H groups in total. The molecule has 8 heteroatoms. The summed E-state index contributed by atoms with van der Waals surface area (Å²) in [5.41, 5.74) is 10.1. The number of anilines is 1. The van der Waals surface area contributed by atoms with Gasteiger partial charge in [0.1, 0.15) is 5.82 Å². The molecule has 0 aliphatic carbocycles. The predicted molar refractivity (Wildman–Crippen MR) is 112 cm³/mol. The van der Waals surface area contributed by atoms with Crippen LogP contribution in [0.2, 0.25) is 0 Å². The first-order valence-corrected chi connectivity index (χ1v) is 9.72. The van der Waals surface area contributed by atoms with Crippen LogP contribution in [0.4, 0.5) is 5.95 Å². The fourth-order valence-corrected chi connectivity index (χ4v) is 3.30. The number of aromatic nitrogens is 7. The van der Waals surface area contributed by atoms with Crippen molar-refractivity contribution >= 4 is 5.95 Å². The van der Waals surface area contributed by atoms with Gasteiger partial charge in [-0.2, -0.15) is 4.98 Å². The second kappa shape index (κ2) is 8.22. The minimum atomic E-state index is 0.329. The molecule has 4 rings (SSSR count). The van der Waals surface area contributed by atoms with Crippen LogP contribution in [0, 0.1) is 5.92 Å². The lowest BCUT2D eigenvalue weighted by Gasteiger charge is -2.10. The lowest BCUT2D eigenvalue weighted by atomic mass is 9.98. The number of benzene rings is 2. The van der Waals surface area contributed by atoms with E-state index in [4.69, 9.17) is 5.73 Å². The second-order valence-corrected chi connectivity index (χ2v) is 7.47. The summed E-state index contributed by atoms with van der Waals surface area (Å²) in [5.74, 6) is 2.52.